The fourth-order valence-electron chi connectivity index (χ4n) is 2.38. The van der Waals surface area contributed by atoms with Gasteiger partial charge in [0.25, 0.3) is 0 Å². The lowest BCUT2D eigenvalue weighted by atomic mass is 10.0. The Labute approximate surface area is 116 Å². The van der Waals surface area contributed by atoms with Crippen molar-refractivity contribution in [3.63, 3.8) is 0 Å². The Bertz CT molecular complexity index is 265. The minimum atomic E-state index is -0.385. The average molecular weight is 271 g/mol. The zero-order valence-electron chi connectivity index (χ0n) is 12.5. The van der Waals surface area contributed by atoms with Gasteiger partial charge in [-0.25, -0.2) is 0 Å². The molecule has 5 nitrogen and oxygen atoms in total. The smallest absolute Gasteiger partial charge is 0.236 e. The Hall–Kier alpha value is -0.650. The third-order valence-electron chi connectivity index (χ3n) is 3.59. The summed E-state index contributed by atoms with van der Waals surface area (Å²) >= 11 is 0. The Kier molecular flexibility index (Phi) is 7.34. The molecule has 19 heavy (non-hydrogen) atoms. The van der Waals surface area contributed by atoms with Gasteiger partial charge in [-0.1, -0.05) is 20.8 Å². The van der Waals surface area contributed by atoms with E-state index in [1.807, 2.05) is 6.92 Å². The van der Waals surface area contributed by atoms with Gasteiger partial charge in [0.1, 0.15) is 0 Å². The third kappa shape index (κ3) is 5.89. The normalized spacial score (nSPS) is 20.3. The van der Waals surface area contributed by atoms with E-state index in [4.69, 9.17) is 10.5 Å². The van der Waals surface area contributed by atoms with Crippen LogP contribution in [0.4, 0.5) is 0 Å². The molecule has 0 saturated carbocycles. The summed E-state index contributed by atoms with van der Waals surface area (Å²) < 4.78 is 5.39. The highest BCUT2D eigenvalue weighted by molar-refractivity contribution is 5.81. The molecule has 0 bridgehead atoms. The molecule has 1 aliphatic rings. The average Bonchev–Trinajstić information content (AvgIpc) is 2.42. The maximum atomic E-state index is 11.8. The van der Waals surface area contributed by atoms with E-state index in [9.17, 15) is 4.79 Å². The number of carbonyl (C=O) groups excluding carboxylic acids is 1. The molecule has 3 N–H and O–H groups in total. The summed E-state index contributed by atoms with van der Waals surface area (Å²) in [6.07, 6.45) is 1.76. The van der Waals surface area contributed by atoms with Gasteiger partial charge in [-0.05, 0) is 18.8 Å². The maximum Gasteiger partial charge on any atom is 0.236 e. The van der Waals surface area contributed by atoms with Crippen molar-refractivity contribution in [2.45, 2.75) is 45.7 Å². The Morgan fingerprint density at radius 1 is 1.37 bits per heavy atom. The van der Waals surface area contributed by atoms with Gasteiger partial charge < -0.3 is 15.8 Å². The van der Waals surface area contributed by atoms with Crippen LogP contribution in [-0.4, -0.2) is 55.7 Å². The molecule has 0 radical (unpaired) electrons. The number of ether oxygens (including phenoxy) is 1. The molecule has 0 aromatic carbocycles. The molecular formula is C14H29N3O2. The van der Waals surface area contributed by atoms with Crippen LogP contribution in [0.5, 0.6) is 0 Å². The van der Waals surface area contributed by atoms with E-state index in [2.05, 4.69) is 24.1 Å². The number of nitrogens with one attached hydrogen (secondary N) is 1. The van der Waals surface area contributed by atoms with Crippen LogP contribution in [0.1, 0.15) is 33.6 Å². The first-order valence-corrected chi connectivity index (χ1v) is 7.39. The summed E-state index contributed by atoms with van der Waals surface area (Å²) in [7, 11) is 0. The quantitative estimate of drug-likeness (QED) is 0.711. The zero-order valence-corrected chi connectivity index (χ0v) is 12.5. The first-order chi connectivity index (χ1) is 9.04. The molecule has 0 spiro atoms. The number of morpholine rings is 1. The van der Waals surface area contributed by atoms with Crippen molar-refractivity contribution in [3.05, 3.63) is 0 Å². The summed E-state index contributed by atoms with van der Waals surface area (Å²) in [6.45, 7) is 10.5. The van der Waals surface area contributed by atoms with Crippen LogP contribution < -0.4 is 11.1 Å². The molecule has 2 atom stereocenters. The summed E-state index contributed by atoms with van der Waals surface area (Å²) in [4.78, 5) is 14.2. The van der Waals surface area contributed by atoms with Crippen molar-refractivity contribution < 1.29 is 9.53 Å². The zero-order chi connectivity index (χ0) is 14.3. The predicted molar refractivity (Wildman–Crippen MR) is 76.9 cm³/mol. The molecule has 0 aromatic rings. The standard InChI is InChI=1S/C14H29N3O2/c1-4-13(15)14(18)16-10-12(9-11(2)3)17-5-7-19-8-6-17/h11-13H,4-10,15H2,1-3H3,(H,16,18)/t12?,13-/m0/s1. The minimum Gasteiger partial charge on any atom is -0.379 e. The molecule has 1 fully saturated rings. The number of nitrogens with two attached hydrogens (primary N) is 1. The van der Waals surface area contributed by atoms with Crippen LogP contribution in [0.2, 0.25) is 0 Å². The molecule has 1 saturated heterocycles. The fraction of sp³-hybridized carbons (Fsp3) is 0.929. The second-order valence-electron chi connectivity index (χ2n) is 5.69. The molecule has 1 heterocycles. The van der Waals surface area contributed by atoms with Gasteiger partial charge in [-0.15, -0.1) is 0 Å². The molecule has 0 aliphatic carbocycles. The van der Waals surface area contributed by atoms with Gasteiger partial charge in [-0.3, -0.25) is 9.69 Å². The first-order valence-electron chi connectivity index (χ1n) is 7.39. The van der Waals surface area contributed by atoms with E-state index in [-0.39, 0.29) is 11.9 Å². The van der Waals surface area contributed by atoms with E-state index in [1.165, 1.54) is 0 Å². The topological polar surface area (TPSA) is 67.6 Å². The lowest BCUT2D eigenvalue weighted by Crippen LogP contribution is -2.51. The molecule has 1 aliphatic heterocycles. The molecule has 1 rings (SSSR count). The molecule has 112 valence electrons. The van der Waals surface area contributed by atoms with E-state index >= 15 is 0 Å². The Morgan fingerprint density at radius 2 is 2.00 bits per heavy atom. The lowest BCUT2D eigenvalue weighted by molar-refractivity contribution is -0.122. The van der Waals surface area contributed by atoms with Crippen LogP contribution in [0, 0.1) is 5.92 Å². The largest absolute Gasteiger partial charge is 0.379 e. The van der Waals surface area contributed by atoms with Crippen molar-refractivity contribution in [2.24, 2.45) is 11.7 Å². The number of hydrogen-bond acceptors (Lipinski definition) is 4. The monoisotopic (exact) mass is 271 g/mol. The van der Waals surface area contributed by atoms with Gasteiger partial charge in [0, 0.05) is 25.7 Å². The molecule has 0 aromatic heterocycles. The minimum absolute atomic E-state index is 0.0375. The molecule has 1 unspecified atom stereocenters. The maximum absolute atomic E-state index is 11.8. The van der Waals surface area contributed by atoms with Gasteiger partial charge in [-0.2, -0.15) is 0 Å². The van der Waals surface area contributed by atoms with E-state index in [1.54, 1.807) is 0 Å². The first kappa shape index (κ1) is 16.4. The number of nitrogens with zero attached hydrogens (tertiary/aromatic N) is 1. The fourth-order valence-corrected chi connectivity index (χ4v) is 2.38. The van der Waals surface area contributed by atoms with Gasteiger partial charge >= 0.3 is 0 Å². The Balaban J connectivity index is 2.46. The summed E-state index contributed by atoms with van der Waals surface area (Å²) in [5, 5.41) is 2.99. The van der Waals surface area contributed by atoms with Crippen molar-refractivity contribution in [1.29, 1.82) is 0 Å². The van der Waals surface area contributed by atoms with Crippen LogP contribution in [0.25, 0.3) is 0 Å². The highest BCUT2D eigenvalue weighted by Crippen LogP contribution is 2.13. The second-order valence-corrected chi connectivity index (χ2v) is 5.69. The number of carbonyl (C=O) groups is 1. The van der Waals surface area contributed by atoms with Gasteiger partial charge in [0.15, 0.2) is 0 Å². The third-order valence-corrected chi connectivity index (χ3v) is 3.59. The van der Waals surface area contributed by atoms with Crippen molar-refractivity contribution in [2.75, 3.05) is 32.8 Å². The van der Waals surface area contributed by atoms with Crippen molar-refractivity contribution in [3.8, 4) is 0 Å². The van der Waals surface area contributed by atoms with Crippen LogP contribution >= 0.6 is 0 Å². The highest BCUT2D eigenvalue weighted by atomic mass is 16.5. The van der Waals surface area contributed by atoms with Crippen molar-refractivity contribution in [1.82, 2.24) is 10.2 Å². The number of rotatable bonds is 7. The number of hydrogen-bond donors (Lipinski definition) is 2. The van der Waals surface area contributed by atoms with E-state index in [0.29, 0.717) is 24.9 Å². The lowest BCUT2D eigenvalue weighted by Gasteiger charge is -2.35. The number of amides is 1. The molecular weight excluding hydrogens is 242 g/mol. The highest BCUT2D eigenvalue weighted by Gasteiger charge is 2.23. The Morgan fingerprint density at radius 3 is 2.53 bits per heavy atom. The van der Waals surface area contributed by atoms with Crippen molar-refractivity contribution >= 4 is 5.91 Å². The molecule has 5 heteroatoms. The van der Waals surface area contributed by atoms with Crippen LogP contribution in [0.15, 0.2) is 0 Å². The van der Waals surface area contributed by atoms with Gasteiger partial charge in [0.2, 0.25) is 5.91 Å². The van der Waals surface area contributed by atoms with Gasteiger partial charge in [0.05, 0.1) is 19.3 Å². The van der Waals surface area contributed by atoms with E-state index < -0.39 is 0 Å². The predicted octanol–water partition coefficient (Wildman–Crippen LogP) is 0.587. The summed E-state index contributed by atoms with van der Waals surface area (Å²) in [6, 6.07) is 0.00120. The summed E-state index contributed by atoms with van der Waals surface area (Å²) in [5.41, 5.74) is 5.74. The van der Waals surface area contributed by atoms with E-state index in [0.717, 1.165) is 32.7 Å². The second kappa shape index (κ2) is 8.51. The SMILES string of the molecule is CC[C@H](N)C(=O)NCC(CC(C)C)N1CCOCC1. The summed E-state index contributed by atoms with van der Waals surface area (Å²) in [5.74, 6) is 0.578. The van der Waals surface area contributed by atoms with Crippen LogP contribution in [0.3, 0.4) is 0 Å². The van der Waals surface area contributed by atoms with Crippen LogP contribution in [-0.2, 0) is 9.53 Å². The molecule has 1 amide bonds.